The van der Waals surface area contributed by atoms with Gasteiger partial charge in [0.1, 0.15) is 17.0 Å². The van der Waals surface area contributed by atoms with Crippen molar-refractivity contribution < 1.29 is 4.73 Å². The van der Waals surface area contributed by atoms with E-state index in [1.165, 1.54) is 18.0 Å². The van der Waals surface area contributed by atoms with Crippen LogP contribution in [0.15, 0.2) is 40.6 Å². The Morgan fingerprint density at radius 1 is 1.43 bits per heavy atom. The monoisotopic (exact) mass is 441 g/mol. The average molecular weight is 442 g/mol. The normalized spacial score (nSPS) is 16.8. The Bertz CT molecular complexity index is 1260. The Labute approximate surface area is 182 Å². The minimum Gasteiger partial charge on any atom is -0.618 e. The molecule has 1 saturated heterocycles. The number of hydrogen-bond donors (Lipinski definition) is 2. The number of halogens is 1. The predicted molar refractivity (Wildman–Crippen MR) is 118 cm³/mol. The number of H-pyrrole nitrogens is 1. The third kappa shape index (κ3) is 3.32. The second kappa shape index (κ2) is 7.57. The second-order valence-corrected chi connectivity index (χ2v) is 8.75. The molecule has 4 aromatic rings. The van der Waals surface area contributed by atoms with Crippen LogP contribution in [-0.2, 0) is 6.42 Å². The number of aryl methyl sites for hydroxylation is 1. The van der Waals surface area contributed by atoms with Crippen molar-refractivity contribution in [1.82, 2.24) is 19.9 Å². The number of fused-ring (bicyclic) bond motifs is 2. The lowest BCUT2D eigenvalue weighted by Gasteiger charge is -2.18. The van der Waals surface area contributed by atoms with Gasteiger partial charge in [-0.15, -0.1) is 0 Å². The van der Waals surface area contributed by atoms with Crippen molar-refractivity contribution in [2.45, 2.75) is 35.9 Å². The molecule has 5 heterocycles. The molecule has 0 radical (unpaired) electrons. The van der Waals surface area contributed by atoms with Crippen molar-refractivity contribution in [1.29, 1.82) is 0 Å². The number of aromatic amines is 1. The molecule has 1 atom stereocenters. The van der Waals surface area contributed by atoms with Gasteiger partial charge in [0.25, 0.3) is 0 Å². The summed E-state index contributed by atoms with van der Waals surface area (Å²) < 4.78 is 0.811. The number of nitrogens with one attached hydrogen (secondary N) is 1. The van der Waals surface area contributed by atoms with Gasteiger partial charge in [-0.1, -0.05) is 18.5 Å². The summed E-state index contributed by atoms with van der Waals surface area (Å²) in [4.78, 5) is 20.2. The molecule has 0 aliphatic carbocycles. The van der Waals surface area contributed by atoms with E-state index in [1.807, 2.05) is 13.0 Å². The SMILES string of the molecule is CCc1[nH]c2nc(Sc3cnc4ccc[n+]([O-])c4c3)nc(N3CC[C@@H](N)C3)c2c1Cl. The van der Waals surface area contributed by atoms with Crippen LogP contribution in [0.4, 0.5) is 5.82 Å². The van der Waals surface area contributed by atoms with Crippen LogP contribution in [0.3, 0.4) is 0 Å². The molecular weight excluding hydrogens is 422 g/mol. The molecule has 5 rings (SSSR count). The van der Waals surface area contributed by atoms with E-state index in [9.17, 15) is 5.21 Å². The van der Waals surface area contributed by atoms with Crippen LogP contribution in [0.25, 0.3) is 22.1 Å². The fourth-order valence-electron chi connectivity index (χ4n) is 3.77. The van der Waals surface area contributed by atoms with Crippen molar-refractivity contribution in [3.05, 3.63) is 46.5 Å². The molecule has 154 valence electrons. The van der Waals surface area contributed by atoms with Crippen LogP contribution in [-0.4, -0.2) is 39.1 Å². The van der Waals surface area contributed by atoms with E-state index in [1.54, 1.807) is 18.3 Å². The van der Waals surface area contributed by atoms with Gasteiger partial charge < -0.3 is 20.8 Å². The van der Waals surface area contributed by atoms with Gasteiger partial charge in [0, 0.05) is 48.1 Å². The molecule has 0 unspecified atom stereocenters. The van der Waals surface area contributed by atoms with Crippen molar-refractivity contribution in [2.24, 2.45) is 5.73 Å². The highest BCUT2D eigenvalue weighted by molar-refractivity contribution is 7.99. The van der Waals surface area contributed by atoms with Gasteiger partial charge in [-0.2, -0.15) is 4.73 Å². The summed E-state index contributed by atoms with van der Waals surface area (Å²) in [7, 11) is 0. The molecule has 0 aromatic carbocycles. The topological polar surface area (TPSA) is 111 Å². The van der Waals surface area contributed by atoms with Gasteiger partial charge in [-0.25, -0.2) is 15.0 Å². The molecule has 4 aromatic heterocycles. The second-order valence-electron chi connectivity index (χ2n) is 7.33. The fraction of sp³-hybridized carbons (Fsp3) is 0.300. The lowest BCUT2D eigenvalue weighted by Crippen LogP contribution is -2.27. The van der Waals surface area contributed by atoms with Crippen LogP contribution in [0, 0.1) is 5.21 Å². The summed E-state index contributed by atoms with van der Waals surface area (Å²) in [6, 6.07) is 5.41. The van der Waals surface area contributed by atoms with Crippen LogP contribution in [0.5, 0.6) is 0 Å². The van der Waals surface area contributed by atoms with E-state index in [-0.39, 0.29) is 6.04 Å². The number of nitrogens with zero attached hydrogens (tertiary/aromatic N) is 5. The van der Waals surface area contributed by atoms with Gasteiger partial charge in [0.05, 0.1) is 10.4 Å². The first-order valence-electron chi connectivity index (χ1n) is 9.78. The zero-order chi connectivity index (χ0) is 20.8. The summed E-state index contributed by atoms with van der Waals surface area (Å²) in [5.74, 6) is 0.795. The first-order chi connectivity index (χ1) is 14.5. The number of anilines is 1. The average Bonchev–Trinajstić information content (AvgIpc) is 3.31. The highest BCUT2D eigenvalue weighted by Gasteiger charge is 2.26. The van der Waals surface area contributed by atoms with Gasteiger partial charge >= 0.3 is 0 Å². The largest absolute Gasteiger partial charge is 0.618 e. The van der Waals surface area contributed by atoms with Crippen LogP contribution < -0.4 is 15.4 Å². The third-order valence-electron chi connectivity index (χ3n) is 5.30. The molecule has 0 saturated carbocycles. The van der Waals surface area contributed by atoms with E-state index in [2.05, 4.69) is 14.9 Å². The molecule has 10 heteroatoms. The van der Waals surface area contributed by atoms with Crippen LogP contribution >= 0.6 is 23.4 Å². The highest BCUT2D eigenvalue weighted by Crippen LogP contribution is 2.37. The number of pyridine rings is 2. The van der Waals surface area contributed by atoms with Gasteiger partial charge in [0.2, 0.25) is 5.52 Å². The summed E-state index contributed by atoms with van der Waals surface area (Å²) in [5, 5.41) is 14.2. The minimum atomic E-state index is 0.117. The number of nitrogens with two attached hydrogens (primary N) is 1. The van der Waals surface area contributed by atoms with E-state index in [4.69, 9.17) is 27.3 Å². The Morgan fingerprint density at radius 3 is 3.07 bits per heavy atom. The van der Waals surface area contributed by atoms with E-state index in [0.717, 1.165) is 52.5 Å². The van der Waals surface area contributed by atoms with Gasteiger partial charge in [-0.3, -0.25) is 0 Å². The Morgan fingerprint density at radius 2 is 2.30 bits per heavy atom. The lowest BCUT2D eigenvalue weighted by atomic mass is 10.3. The highest BCUT2D eigenvalue weighted by atomic mass is 35.5. The molecule has 0 amide bonds. The minimum absolute atomic E-state index is 0.117. The quantitative estimate of drug-likeness (QED) is 0.284. The zero-order valence-electron chi connectivity index (χ0n) is 16.3. The number of aromatic nitrogens is 5. The lowest BCUT2D eigenvalue weighted by molar-refractivity contribution is -0.577. The standard InChI is InChI=1S/C20H20ClN7OS/c1-2-13-17(21)16-18(24-13)25-20(26-19(16)27-7-5-11(22)10-27)30-12-8-15-14(23-9-12)4-3-6-28(15)29/h3-4,6,8-9,11H,2,5,7,10,22H2,1H3,(H,24,25,26)/t11-/m1/s1. The van der Waals surface area contributed by atoms with Crippen molar-refractivity contribution in [3.63, 3.8) is 0 Å². The molecule has 1 fully saturated rings. The molecule has 30 heavy (non-hydrogen) atoms. The maximum absolute atomic E-state index is 12.1. The summed E-state index contributed by atoms with van der Waals surface area (Å²) >= 11 is 8.01. The molecular formula is C20H20ClN7OS. The summed E-state index contributed by atoms with van der Waals surface area (Å²) in [6.45, 7) is 3.60. The molecule has 1 aliphatic heterocycles. The van der Waals surface area contributed by atoms with E-state index < -0.39 is 0 Å². The maximum Gasteiger partial charge on any atom is 0.243 e. The van der Waals surface area contributed by atoms with Crippen molar-refractivity contribution >= 4 is 51.2 Å². The first-order valence-corrected chi connectivity index (χ1v) is 11.0. The van der Waals surface area contributed by atoms with Crippen LogP contribution in [0.2, 0.25) is 5.02 Å². The zero-order valence-corrected chi connectivity index (χ0v) is 17.9. The Balaban J connectivity index is 1.60. The fourth-order valence-corrected chi connectivity index (χ4v) is 4.88. The Kier molecular flexibility index (Phi) is 4.88. The number of rotatable bonds is 4. The molecule has 8 nitrogen and oxygen atoms in total. The molecule has 3 N–H and O–H groups in total. The smallest absolute Gasteiger partial charge is 0.243 e. The predicted octanol–water partition coefficient (Wildman–Crippen LogP) is 3.04. The van der Waals surface area contributed by atoms with E-state index >= 15 is 0 Å². The first kappa shape index (κ1) is 19.3. The molecule has 1 aliphatic rings. The van der Waals surface area contributed by atoms with Crippen molar-refractivity contribution in [3.8, 4) is 0 Å². The number of hydrogen-bond acceptors (Lipinski definition) is 7. The maximum atomic E-state index is 12.1. The summed E-state index contributed by atoms with van der Waals surface area (Å²) in [5.41, 5.74) is 8.92. The Hall–Kier alpha value is -2.62. The van der Waals surface area contributed by atoms with Gasteiger partial charge in [-0.05, 0) is 30.7 Å². The third-order valence-corrected chi connectivity index (χ3v) is 6.54. The van der Waals surface area contributed by atoms with E-state index in [0.29, 0.717) is 26.9 Å². The van der Waals surface area contributed by atoms with Gasteiger partial charge in [0.15, 0.2) is 11.4 Å². The molecule has 0 bridgehead atoms. The van der Waals surface area contributed by atoms with Crippen molar-refractivity contribution in [2.75, 3.05) is 18.0 Å². The summed E-state index contributed by atoms with van der Waals surface area (Å²) in [6.07, 6.45) is 4.87. The molecule has 0 spiro atoms. The van der Waals surface area contributed by atoms with Crippen LogP contribution in [0.1, 0.15) is 19.0 Å².